The minimum absolute atomic E-state index is 0.0192. The van der Waals surface area contributed by atoms with E-state index in [1.54, 1.807) is 44.4 Å². The topological polar surface area (TPSA) is 121 Å². The molecule has 0 spiro atoms. The van der Waals surface area contributed by atoms with Gasteiger partial charge in [-0.2, -0.15) is 0 Å². The monoisotopic (exact) mass is 431 g/mol. The minimum atomic E-state index is -3.28. The van der Waals surface area contributed by atoms with E-state index in [-0.39, 0.29) is 34.9 Å². The van der Waals surface area contributed by atoms with Gasteiger partial charge in [0.2, 0.25) is 5.91 Å². The first-order valence-electron chi connectivity index (χ1n) is 9.03. The number of hydrogen-bond acceptors (Lipinski definition) is 8. The summed E-state index contributed by atoms with van der Waals surface area (Å²) < 4.78 is 39.7. The Labute approximate surface area is 174 Å². The Hall–Kier alpha value is -3.40. The lowest BCUT2D eigenvalue weighted by Crippen LogP contribution is -2.14. The van der Waals surface area contributed by atoms with Crippen LogP contribution in [0.1, 0.15) is 12.5 Å². The molecule has 9 nitrogen and oxygen atoms in total. The molecule has 10 heteroatoms. The molecule has 1 N–H and O–H groups in total. The van der Waals surface area contributed by atoms with Gasteiger partial charge in [0.15, 0.2) is 9.84 Å². The van der Waals surface area contributed by atoms with Crippen molar-refractivity contribution in [2.45, 2.75) is 18.2 Å². The number of sulfone groups is 1. The fourth-order valence-corrected chi connectivity index (χ4v) is 3.57. The molecule has 0 aliphatic heterocycles. The van der Waals surface area contributed by atoms with Crippen molar-refractivity contribution < 1.29 is 27.1 Å². The summed E-state index contributed by atoms with van der Waals surface area (Å²) in [5.41, 5.74) is 1.21. The smallest absolute Gasteiger partial charge is 0.322 e. The van der Waals surface area contributed by atoms with E-state index in [4.69, 9.17) is 13.9 Å². The molecule has 1 aromatic heterocycles. The minimum Gasteiger partial charge on any atom is -0.497 e. The second kappa shape index (κ2) is 8.95. The number of hydrogen-bond donors (Lipinski definition) is 1. The van der Waals surface area contributed by atoms with Crippen LogP contribution in [0.15, 0.2) is 51.8 Å². The fourth-order valence-electron chi connectivity index (χ4n) is 2.69. The van der Waals surface area contributed by atoms with Crippen molar-refractivity contribution in [3.63, 3.8) is 0 Å². The predicted octanol–water partition coefficient (Wildman–Crippen LogP) is 2.73. The summed E-state index contributed by atoms with van der Waals surface area (Å²) in [5, 5.41) is 10.3. The van der Waals surface area contributed by atoms with Crippen LogP contribution in [0.5, 0.6) is 11.5 Å². The van der Waals surface area contributed by atoms with Crippen molar-refractivity contribution in [1.29, 1.82) is 0 Å². The third kappa shape index (κ3) is 4.77. The Balaban J connectivity index is 1.68. The van der Waals surface area contributed by atoms with Gasteiger partial charge in [0.1, 0.15) is 11.5 Å². The number of nitrogens with zero attached hydrogens (tertiary/aromatic N) is 2. The van der Waals surface area contributed by atoms with Gasteiger partial charge in [-0.05, 0) is 29.8 Å². The third-order valence-electron chi connectivity index (χ3n) is 4.34. The number of ether oxygens (including phenoxy) is 2. The van der Waals surface area contributed by atoms with Crippen LogP contribution in [0.3, 0.4) is 0 Å². The van der Waals surface area contributed by atoms with Crippen molar-refractivity contribution in [3.05, 3.63) is 48.0 Å². The fraction of sp³-hybridized carbons (Fsp3) is 0.250. The van der Waals surface area contributed by atoms with E-state index in [0.29, 0.717) is 22.6 Å². The third-order valence-corrected chi connectivity index (χ3v) is 6.09. The average Bonchev–Trinajstić information content (AvgIpc) is 3.21. The van der Waals surface area contributed by atoms with Crippen molar-refractivity contribution in [2.75, 3.05) is 25.3 Å². The van der Waals surface area contributed by atoms with E-state index in [0.717, 1.165) is 0 Å². The number of methoxy groups -OCH3 is 2. The van der Waals surface area contributed by atoms with Crippen LogP contribution < -0.4 is 14.8 Å². The first-order chi connectivity index (χ1) is 14.4. The molecule has 158 valence electrons. The lowest BCUT2D eigenvalue weighted by Gasteiger charge is -2.07. The molecule has 0 aliphatic carbocycles. The van der Waals surface area contributed by atoms with E-state index in [2.05, 4.69) is 15.5 Å². The molecule has 1 heterocycles. The molecule has 0 saturated heterocycles. The predicted molar refractivity (Wildman–Crippen MR) is 109 cm³/mol. The molecule has 0 unspecified atom stereocenters. The Morgan fingerprint density at radius 2 is 1.80 bits per heavy atom. The summed E-state index contributed by atoms with van der Waals surface area (Å²) >= 11 is 0. The zero-order valence-corrected chi connectivity index (χ0v) is 17.5. The second-order valence-corrected chi connectivity index (χ2v) is 8.53. The Morgan fingerprint density at radius 3 is 2.43 bits per heavy atom. The zero-order chi connectivity index (χ0) is 21.7. The highest BCUT2D eigenvalue weighted by molar-refractivity contribution is 7.91. The first-order valence-corrected chi connectivity index (χ1v) is 10.7. The number of anilines is 1. The van der Waals surface area contributed by atoms with Crippen molar-refractivity contribution in [1.82, 2.24) is 10.2 Å². The highest BCUT2D eigenvalue weighted by Gasteiger charge is 2.16. The van der Waals surface area contributed by atoms with Crippen LogP contribution in [-0.2, 0) is 21.1 Å². The van der Waals surface area contributed by atoms with Gasteiger partial charge in [-0.25, -0.2) is 8.42 Å². The first kappa shape index (κ1) is 21.3. The van der Waals surface area contributed by atoms with Gasteiger partial charge in [0.05, 0.1) is 36.9 Å². The number of carbonyl (C=O) groups is 1. The summed E-state index contributed by atoms with van der Waals surface area (Å²) in [4.78, 5) is 12.5. The molecule has 0 atom stereocenters. The zero-order valence-electron chi connectivity index (χ0n) is 16.7. The van der Waals surface area contributed by atoms with E-state index in [9.17, 15) is 13.2 Å². The van der Waals surface area contributed by atoms with Crippen molar-refractivity contribution in [3.8, 4) is 23.0 Å². The highest BCUT2D eigenvalue weighted by Crippen LogP contribution is 2.33. The standard InChI is InChI=1S/C20H21N3O6S/c1-4-30(25,26)15-8-5-13(6-9-15)11-18(24)21-20-23-22-19(29-20)16-10-7-14(27-2)12-17(16)28-3/h5-10,12H,4,11H2,1-3H3,(H,21,23,24). The van der Waals surface area contributed by atoms with Gasteiger partial charge in [-0.3, -0.25) is 10.1 Å². The van der Waals surface area contributed by atoms with Gasteiger partial charge in [-0.1, -0.05) is 24.2 Å². The van der Waals surface area contributed by atoms with Gasteiger partial charge < -0.3 is 13.9 Å². The summed E-state index contributed by atoms with van der Waals surface area (Å²) in [5.74, 6) is 0.919. The molecule has 2 aromatic carbocycles. The Morgan fingerprint density at radius 1 is 1.07 bits per heavy atom. The number of rotatable bonds is 8. The van der Waals surface area contributed by atoms with E-state index in [1.165, 1.54) is 19.2 Å². The Kier molecular flexibility index (Phi) is 6.36. The molecule has 30 heavy (non-hydrogen) atoms. The number of benzene rings is 2. The average molecular weight is 431 g/mol. The van der Waals surface area contributed by atoms with Crippen LogP contribution in [0, 0.1) is 0 Å². The second-order valence-electron chi connectivity index (χ2n) is 6.25. The maximum absolute atomic E-state index is 12.3. The van der Waals surface area contributed by atoms with Gasteiger partial charge in [0, 0.05) is 6.07 Å². The molecule has 3 aromatic rings. The normalized spacial score (nSPS) is 11.2. The van der Waals surface area contributed by atoms with E-state index in [1.807, 2.05) is 0 Å². The lowest BCUT2D eigenvalue weighted by molar-refractivity contribution is -0.115. The van der Waals surface area contributed by atoms with Crippen LogP contribution in [-0.4, -0.2) is 44.5 Å². The molecule has 0 saturated carbocycles. The summed E-state index contributed by atoms with van der Waals surface area (Å²) in [7, 11) is -0.223. The molecule has 0 aliphatic rings. The van der Waals surface area contributed by atoms with Gasteiger partial charge in [-0.15, -0.1) is 5.10 Å². The number of aromatic nitrogens is 2. The highest BCUT2D eigenvalue weighted by atomic mass is 32.2. The summed E-state index contributed by atoms with van der Waals surface area (Å²) in [6.45, 7) is 1.58. The Bertz CT molecular complexity index is 1140. The SMILES string of the molecule is CCS(=O)(=O)c1ccc(CC(=O)Nc2nnc(-c3ccc(OC)cc3OC)o2)cc1. The quantitative estimate of drug-likeness (QED) is 0.578. The van der Waals surface area contributed by atoms with E-state index >= 15 is 0 Å². The lowest BCUT2D eigenvalue weighted by atomic mass is 10.1. The number of carbonyl (C=O) groups excluding carboxylic acids is 1. The van der Waals surface area contributed by atoms with Crippen molar-refractivity contribution >= 4 is 21.8 Å². The summed E-state index contributed by atoms with van der Waals surface area (Å²) in [6, 6.07) is 11.2. The molecule has 0 fully saturated rings. The molecule has 3 rings (SSSR count). The molecular weight excluding hydrogens is 410 g/mol. The summed E-state index contributed by atoms with van der Waals surface area (Å²) in [6.07, 6.45) is 0.0238. The largest absolute Gasteiger partial charge is 0.497 e. The molecule has 0 radical (unpaired) electrons. The number of amides is 1. The van der Waals surface area contributed by atoms with E-state index < -0.39 is 9.84 Å². The van der Waals surface area contributed by atoms with Gasteiger partial charge >= 0.3 is 6.01 Å². The maximum Gasteiger partial charge on any atom is 0.322 e. The molecule has 1 amide bonds. The van der Waals surface area contributed by atoms with Crippen LogP contribution in [0.4, 0.5) is 6.01 Å². The van der Waals surface area contributed by atoms with Crippen LogP contribution >= 0.6 is 0 Å². The van der Waals surface area contributed by atoms with Crippen molar-refractivity contribution in [2.24, 2.45) is 0 Å². The number of nitrogens with one attached hydrogen (secondary N) is 1. The maximum atomic E-state index is 12.3. The van der Waals surface area contributed by atoms with Crippen LogP contribution in [0.2, 0.25) is 0 Å². The van der Waals surface area contributed by atoms with Gasteiger partial charge in [0.25, 0.3) is 5.89 Å². The molecule has 0 bridgehead atoms. The van der Waals surface area contributed by atoms with Crippen LogP contribution in [0.25, 0.3) is 11.5 Å². The molecular formula is C20H21N3O6S.